The maximum Gasteiger partial charge on any atom is 0.251 e. The first kappa shape index (κ1) is 20.7. The highest BCUT2D eigenvalue weighted by atomic mass is 32.2. The van der Waals surface area contributed by atoms with E-state index in [4.69, 9.17) is 0 Å². The highest BCUT2D eigenvalue weighted by Gasteiger charge is 2.27. The Morgan fingerprint density at radius 1 is 1.25 bits per heavy atom. The molecule has 28 heavy (non-hydrogen) atoms. The fraction of sp³-hybridized carbons (Fsp3) is 0.333. The number of halogens is 1. The van der Waals surface area contributed by atoms with E-state index >= 15 is 0 Å². The summed E-state index contributed by atoms with van der Waals surface area (Å²) >= 11 is 3.29. The van der Waals surface area contributed by atoms with Crippen LogP contribution in [0.1, 0.15) is 34.8 Å². The third-order valence-corrected chi connectivity index (χ3v) is 6.36. The minimum absolute atomic E-state index is 0.231. The minimum atomic E-state index is -0.633. The van der Waals surface area contributed by atoms with E-state index in [1.54, 1.807) is 53.9 Å². The molecule has 0 aliphatic carbocycles. The van der Waals surface area contributed by atoms with Gasteiger partial charge in [0.05, 0.1) is 6.04 Å². The molecule has 1 aliphatic heterocycles. The monoisotopic (exact) mass is 418 g/mol. The lowest BCUT2D eigenvalue weighted by Gasteiger charge is -2.28. The second kappa shape index (κ2) is 9.98. The van der Waals surface area contributed by atoms with E-state index in [1.165, 1.54) is 12.1 Å². The van der Waals surface area contributed by atoms with E-state index in [2.05, 4.69) is 10.6 Å². The van der Waals surface area contributed by atoms with E-state index in [9.17, 15) is 14.0 Å². The van der Waals surface area contributed by atoms with Crippen molar-refractivity contribution in [1.82, 2.24) is 10.6 Å². The average molecular weight is 419 g/mol. The molecule has 1 heterocycles. The van der Waals surface area contributed by atoms with Gasteiger partial charge in [0.15, 0.2) is 0 Å². The van der Waals surface area contributed by atoms with Crippen LogP contribution in [-0.4, -0.2) is 35.6 Å². The van der Waals surface area contributed by atoms with Gasteiger partial charge in [-0.25, -0.2) is 4.39 Å². The normalized spacial score (nSPS) is 16.7. The number of rotatable bonds is 7. The number of carbonyl (C=O) groups excluding carboxylic acids is 2. The number of nitrogens with one attached hydrogen (secondary N) is 2. The fourth-order valence-corrected chi connectivity index (χ4v) is 4.70. The van der Waals surface area contributed by atoms with E-state index in [-0.39, 0.29) is 23.7 Å². The van der Waals surface area contributed by atoms with Gasteiger partial charge in [-0.1, -0.05) is 18.2 Å². The van der Waals surface area contributed by atoms with Gasteiger partial charge >= 0.3 is 0 Å². The molecule has 0 radical (unpaired) electrons. The molecule has 4 nitrogen and oxygen atoms in total. The van der Waals surface area contributed by atoms with Crippen molar-refractivity contribution in [2.45, 2.75) is 29.8 Å². The maximum atomic E-state index is 13.7. The van der Waals surface area contributed by atoms with E-state index in [0.717, 1.165) is 28.4 Å². The van der Waals surface area contributed by atoms with Gasteiger partial charge in [0, 0.05) is 16.2 Å². The molecule has 1 aliphatic rings. The number of hydrogen-bond donors (Lipinski definition) is 2. The smallest absolute Gasteiger partial charge is 0.251 e. The quantitative estimate of drug-likeness (QED) is 0.713. The minimum Gasteiger partial charge on any atom is -0.347 e. The third-order valence-electron chi connectivity index (χ3n) is 4.60. The third kappa shape index (κ3) is 5.29. The number of thioether (sulfide) groups is 2. The summed E-state index contributed by atoms with van der Waals surface area (Å²) in [6, 6.07) is 12.7. The summed E-state index contributed by atoms with van der Waals surface area (Å²) in [5, 5.41) is 5.87. The molecule has 0 bridgehead atoms. The van der Waals surface area contributed by atoms with Crippen LogP contribution in [0.4, 0.5) is 4.39 Å². The van der Waals surface area contributed by atoms with Crippen molar-refractivity contribution in [2.75, 3.05) is 17.8 Å². The van der Waals surface area contributed by atoms with Crippen LogP contribution in [0, 0.1) is 5.82 Å². The first-order chi connectivity index (χ1) is 13.6. The molecular weight excluding hydrogens is 395 g/mol. The second-order valence-electron chi connectivity index (χ2n) is 6.55. The van der Waals surface area contributed by atoms with Gasteiger partial charge in [-0.3, -0.25) is 9.59 Å². The van der Waals surface area contributed by atoms with Crippen molar-refractivity contribution >= 4 is 35.3 Å². The number of carbonyl (C=O) groups is 2. The lowest BCUT2D eigenvalue weighted by Crippen LogP contribution is -2.48. The van der Waals surface area contributed by atoms with Crippen LogP contribution in [-0.2, 0) is 4.79 Å². The molecule has 0 aromatic heterocycles. The van der Waals surface area contributed by atoms with Crippen molar-refractivity contribution in [1.29, 1.82) is 0 Å². The fourth-order valence-electron chi connectivity index (χ4n) is 3.12. The zero-order chi connectivity index (χ0) is 19.9. The van der Waals surface area contributed by atoms with Crippen molar-refractivity contribution in [2.24, 2.45) is 0 Å². The Labute approximate surface area is 173 Å². The highest BCUT2D eigenvalue weighted by molar-refractivity contribution is 7.99. The zero-order valence-electron chi connectivity index (χ0n) is 15.6. The first-order valence-electron chi connectivity index (χ1n) is 9.16. The SMILES string of the molecule is CSCCC(NC(=O)c1ccccc1)C(=O)NC1CCSc2ccc(F)cc21. The van der Waals surface area contributed by atoms with E-state index < -0.39 is 6.04 Å². The van der Waals surface area contributed by atoms with Crippen LogP contribution in [0.3, 0.4) is 0 Å². The molecule has 0 spiro atoms. The molecule has 2 N–H and O–H groups in total. The lowest BCUT2D eigenvalue weighted by molar-refractivity contribution is -0.123. The zero-order valence-corrected chi connectivity index (χ0v) is 17.2. The van der Waals surface area contributed by atoms with Gasteiger partial charge in [0.1, 0.15) is 11.9 Å². The van der Waals surface area contributed by atoms with Crippen LogP contribution < -0.4 is 10.6 Å². The number of hydrogen-bond acceptors (Lipinski definition) is 4. The van der Waals surface area contributed by atoms with Crippen LogP contribution in [0.15, 0.2) is 53.4 Å². The maximum absolute atomic E-state index is 13.7. The number of fused-ring (bicyclic) bond motifs is 1. The Bertz CT molecular complexity index is 832. The number of benzene rings is 2. The second-order valence-corrected chi connectivity index (χ2v) is 8.68. The summed E-state index contributed by atoms with van der Waals surface area (Å²) < 4.78 is 13.7. The summed E-state index contributed by atoms with van der Waals surface area (Å²) in [6.07, 6.45) is 3.23. The van der Waals surface area contributed by atoms with Crippen molar-refractivity contribution in [3.63, 3.8) is 0 Å². The van der Waals surface area contributed by atoms with Gasteiger partial charge in [-0.05, 0) is 60.7 Å². The first-order valence-corrected chi connectivity index (χ1v) is 11.5. The number of amides is 2. The predicted molar refractivity (Wildman–Crippen MR) is 113 cm³/mol. The molecule has 2 atom stereocenters. The summed E-state index contributed by atoms with van der Waals surface area (Å²) in [6.45, 7) is 0. The largest absolute Gasteiger partial charge is 0.347 e. The molecule has 3 rings (SSSR count). The van der Waals surface area contributed by atoms with Crippen molar-refractivity contribution < 1.29 is 14.0 Å². The topological polar surface area (TPSA) is 58.2 Å². The van der Waals surface area contributed by atoms with Crippen LogP contribution in [0.25, 0.3) is 0 Å². The van der Waals surface area contributed by atoms with Crippen LogP contribution >= 0.6 is 23.5 Å². The summed E-state index contributed by atoms with van der Waals surface area (Å²) in [5.41, 5.74) is 1.33. The Morgan fingerprint density at radius 2 is 2.04 bits per heavy atom. The van der Waals surface area contributed by atoms with Crippen molar-refractivity contribution in [3.05, 3.63) is 65.5 Å². The Balaban J connectivity index is 1.72. The molecule has 148 valence electrons. The van der Waals surface area contributed by atoms with Gasteiger partial charge in [-0.2, -0.15) is 11.8 Å². The molecule has 2 aromatic rings. The van der Waals surface area contributed by atoms with E-state index in [0.29, 0.717) is 12.0 Å². The lowest BCUT2D eigenvalue weighted by atomic mass is 10.0. The van der Waals surface area contributed by atoms with Gasteiger partial charge in [0.25, 0.3) is 5.91 Å². The van der Waals surface area contributed by atoms with Crippen molar-refractivity contribution in [3.8, 4) is 0 Å². The molecule has 0 saturated carbocycles. The summed E-state index contributed by atoms with van der Waals surface area (Å²) in [7, 11) is 0. The highest BCUT2D eigenvalue weighted by Crippen LogP contribution is 2.36. The average Bonchev–Trinajstić information content (AvgIpc) is 2.72. The Morgan fingerprint density at radius 3 is 2.79 bits per heavy atom. The molecule has 0 fully saturated rings. The summed E-state index contributed by atoms with van der Waals surface area (Å²) in [4.78, 5) is 26.4. The molecule has 2 unspecified atom stereocenters. The van der Waals surface area contributed by atoms with Crippen LogP contribution in [0.2, 0.25) is 0 Å². The molecule has 2 aromatic carbocycles. The molecule has 2 amide bonds. The van der Waals surface area contributed by atoms with E-state index in [1.807, 2.05) is 12.3 Å². The Hall–Kier alpha value is -1.99. The van der Waals surface area contributed by atoms with Gasteiger partial charge in [-0.15, -0.1) is 11.8 Å². The van der Waals surface area contributed by atoms with Crippen LogP contribution in [0.5, 0.6) is 0 Å². The predicted octanol–water partition coefficient (Wildman–Crippen LogP) is 4.03. The molecule has 7 heteroatoms. The standard InChI is InChI=1S/C21H23FN2O2S2/c1-27-11-9-18(24-20(25)14-5-3-2-4-6-14)21(26)23-17-10-12-28-19-8-7-15(22)13-16(17)19/h2-8,13,17-18H,9-12H2,1H3,(H,23,26)(H,24,25). The molecule has 0 saturated heterocycles. The van der Waals surface area contributed by atoms with Gasteiger partial charge < -0.3 is 10.6 Å². The van der Waals surface area contributed by atoms with Gasteiger partial charge in [0.2, 0.25) is 5.91 Å². The Kier molecular flexibility index (Phi) is 7.39. The summed E-state index contributed by atoms with van der Waals surface area (Å²) in [5.74, 6) is 0.795. The molecular formula is C21H23FN2O2S2.